The number of amides is 1. The van der Waals surface area contributed by atoms with E-state index in [-0.39, 0.29) is 12.0 Å². The molecule has 6 nitrogen and oxygen atoms in total. The molecule has 1 atom stereocenters. The van der Waals surface area contributed by atoms with Crippen LogP contribution in [0.15, 0.2) is 41.1 Å². The van der Waals surface area contributed by atoms with Gasteiger partial charge in [0.1, 0.15) is 11.7 Å². The van der Waals surface area contributed by atoms with Crippen molar-refractivity contribution in [1.82, 2.24) is 14.7 Å². The van der Waals surface area contributed by atoms with E-state index in [9.17, 15) is 4.79 Å². The summed E-state index contributed by atoms with van der Waals surface area (Å²) < 4.78 is 13.3. The highest BCUT2D eigenvalue weighted by Crippen LogP contribution is 2.25. The van der Waals surface area contributed by atoms with Crippen LogP contribution in [0.2, 0.25) is 0 Å². The molecule has 0 saturated carbocycles. The van der Waals surface area contributed by atoms with Crippen LogP contribution in [0.5, 0.6) is 0 Å². The molecule has 3 heterocycles. The summed E-state index contributed by atoms with van der Waals surface area (Å²) >= 11 is 0. The lowest BCUT2D eigenvalue weighted by Crippen LogP contribution is -2.42. The maximum absolute atomic E-state index is 12.8. The van der Waals surface area contributed by atoms with Crippen molar-refractivity contribution in [2.75, 3.05) is 19.7 Å². The number of morpholine rings is 1. The van der Waals surface area contributed by atoms with E-state index in [2.05, 4.69) is 5.10 Å². The second kappa shape index (κ2) is 5.79. The summed E-state index contributed by atoms with van der Waals surface area (Å²) in [6.07, 6.45) is 3.55. The Balaban J connectivity index is 1.56. The average molecular weight is 325 g/mol. The van der Waals surface area contributed by atoms with Crippen molar-refractivity contribution in [2.45, 2.75) is 13.0 Å². The number of ether oxygens (including phenoxy) is 1. The zero-order valence-electron chi connectivity index (χ0n) is 13.7. The molecule has 2 aromatic heterocycles. The molecule has 4 rings (SSSR count). The Morgan fingerprint density at radius 1 is 1.33 bits per heavy atom. The molecule has 1 fully saturated rings. The maximum Gasteiger partial charge on any atom is 0.289 e. The Morgan fingerprint density at radius 2 is 2.21 bits per heavy atom. The van der Waals surface area contributed by atoms with E-state index in [0.717, 1.165) is 22.1 Å². The van der Waals surface area contributed by atoms with Gasteiger partial charge in [-0.2, -0.15) is 5.10 Å². The van der Waals surface area contributed by atoms with Gasteiger partial charge in [0.05, 0.1) is 19.3 Å². The second-order valence-electron chi connectivity index (χ2n) is 6.21. The van der Waals surface area contributed by atoms with Crippen molar-refractivity contribution >= 4 is 16.9 Å². The molecule has 6 heteroatoms. The van der Waals surface area contributed by atoms with Crippen molar-refractivity contribution in [3.05, 3.63) is 53.5 Å². The molecule has 0 spiro atoms. The number of carbonyl (C=O) groups is 1. The van der Waals surface area contributed by atoms with Crippen LogP contribution in [-0.4, -0.2) is 40.3 Å². The van der Waals surface area contributed by atoms with E-state index in [0.29, 0.717) is 25.5 Å². The highest BCUT2D eigenvalue weighted by molar-refractivity contribution is 5.96. The Labute approximate surface area is 139 Å². The van der Waals surface area contributed by atoms with Crippen LogP contribution >= 0.6 is 0 Å². The lowest BCUT2D eigenvalue weighted by atomic mass is 10.1. The second-order valence-corrected chi connectivity index (χ2v) is 6.21. The fraction of sp³-hybridized carbons (Fsp3) is 0.333. The Bertz CT molecular complexity index is 896. The summed E-state index contributed by atoms with van der Waals surface area (Å²) in [6, 6.07) is 7.72. The van der Waals surface area contributed by atoms with Gasteiger partial charge < -0.3 is 14.1 Å². The van der Waals surface area contributed by atoms with Gasteiger partial charge in [0, 0.05) is 30.7 Å². The average Bonchev–Trinajstić information content (AvgIpc) is 3.20. The van der Waals surface area contributed by atoms with Gasteiger partial charge in [-0.25, -0.2) is 0 Å². The number of hydrogen-bond acceptors (Lipinski definition) is 4. The van der Waals surface area contributed by atoms with Gasteiger partial charge in [0.2, 0.25) is 0 Å². The molecule has 1 aromatic carbocycles. The molecule has 1 saturated heterocycles. The summed E-state index contributed by atoms with van der Waals surface area (Å²) in [5, 5.41) is 5.13. The first-order valence-electron chi connectivity index (χ1n) is 8.00. The van der Waals surface area contributed by atoms with Crippen molar-refractivity contribution in [1.29, 1.82) is 0 Å². The first kappa shape index (κ1) is 15.0. The molecule has 0 bridgehead atoms. The van der Waals surface area contributed by atoms with E-state index in [1.807, 2.05) is 44.4 Å². The number of furan rings is 1. The number of fused-ring (bicyclic) bond motifs is 1. The molecule has 3 aromatic rings. The van der Waals surface area contributed by atoms with E-state index in [1.54, 1.807) is 15.8 Å². The van der Waals surface area contributed by atoms with Crippen molar-refractivity contribution < 1.29 is 13.9 Å². The number of aryl methyl sites for hydroxylation is 2. The summed E-state index contributed by atoms with van der Waals surface area (Å²) in [5.74, 6) is 0.281. The van der Waals surface area contributed by atoms with Crippen LogP contribution in [-0.2, 0) is 11.8 Å². The summed E-state index contributed by atoms with van der Waals surface area (Å²) in [5.41, 5.74) is 2.86. The number of nitrogens with zero attached hydrogens (tertiary/aromatic N) is 3. The van der Waals surface area contributed by atoms with E-state index >= 15 is 0 Å². The van der Waals surface area contributed by atoms with Crippen LogP contribution in [0.3, 0.4) is 0 Å². The van der Waals surface area contributed by atoms with Gasteiger partial charge in [-0.1, -0.05) is 11.6 Å². The minimum Gasteiger partial charge on any atom is -0.451 e. The largest absolute Gasteiger partial charge is 0.451 e. The molecule has 124 valence electrons. The Morgan fingerprint density at radius 3 is 3.00 bits per heavy atom. The van der Waals surface area contributed by atoms with Crippen LogP contribution < -0.4 is 0 Å². The summed E-state index contributed by atoms with van der Waals surface area (Å²) in [6.45, 7) is 3.59. The van der Waals surface area contributed by atoms with Gasteiger partial charge in [-0.05, 0) is 25.1 Å². The van der Waals surface area contributed by atoms with Crippen molar-refractivity contribution in [3.63, 3.8) is 0 Å². The highest BCUT2D eigenvalue weighted by Gasteiger charge is 2.28. The monoisotopic (exact) mass is 325 g/mol. The topological polar surface area (TPSA) is 60.5 Å². The number of benzene rings is 1. The SMILES string of the molecule is Cc1ccc2oc(C(=O)N3CCO[C@@H](c4cnn(C)c4)C3)cc2c1. The zero-order chi connectivity index (χ0) is 16.7. The van der Waals surface area contributed by atoms with E-state index in [1.165, 1.54) is 0 Å². The Kier molecular flexibility index (Phi) is 3.61. The summed E-state index contributed by atoms with van der Waals surface area (Å²) in [7, 11) is 1.87. The number of rotatable bonds is 2. The minimum atomic E-state index is -0.150. The third-order valence-corrected chi connectivity index (χ3v) is 4.33. The molecule has 24 heavy (non-hydrogen) atoms. The molecular formula is C18H19N3O3. The van der Waals surface area contributed by atoms with Gasteiger partial charge in [-0.3, -0.25) is 9.48 Å². The molecule has 1 aliphatic heterocycles. The maximum atomic E-state index is 12.8. The van der Waals surface area contributed by atoms with E-state index in [4.69, 9.17) is 9.15 Å². The Hall–Kier alpha value is -2.60. The highest BCUT2D eigenvalue weighted by atomic mass is 16.5. The third kappa shape index (κ3) is 2.69. The molecule has 0 aliphatic carbocycles. The number of hydrogen-bond donors (Lipinski definition) is 0. The molecular weight excluding hydrogens is 306 g/mol. The lowest BCUT2D eigenvalue weighted by Gasteiger charge is -2.32. The predicted molar refractivity (Wildman–Crippen MR) is 88.8 cm³/mol. The molecule has 0 unspecified atom stereocenters. The number of aromatic nitrogens is 2. The van der Waals surface area contributed by atoms with Crippen LogP contribution in [0.25, 0.3) is 11.0 Å². The van der Waals surface area contributed by atoms with Crippen LogP contribution in [0, 0.1) is 6.92 Å². The lowest BCUT2D eigenvalue weighted by molar-refractivity contribution is -0.0237. The standard InChI is InChI=1S/C18H19N3O3/c1-12-3-4-15-13(7-12)8-16(24-15)18(22)21-5-6-23-17(11-21)14-9-19-20(2)10-14/h3-4,7-10,17H,5-6,11H2,1-2H3/t17-/m1/s1. The molecule has 0 N–H and O–H groups in total. The zero-order valence-corrected chi connectivity index (χ0v) is 13.7. The smallest absolute Gasteiger partial charge is 0.289 e. The van der Waals surface area contributed by atoms with Crippen LogP contribution in [0.4, 0.5) is 0 Å². The van der Waals surface area contributed by atoms with Crippen LogP contribution in [0.1, 0.15) is 27.8 Å². The quantitative estimate of drug-likeness (QED) is 0.727. The third-order valence-electron chi connectivity index (χ3n) is 4.33. The normalized spacial score (nSPS) is 18.2. The van der Waals surface area contributed by atoms with Gasteiger partial charge in [0.25, 0.3) is 5.91 Å². The molecule has 1 aliphatic rings. The fourth-order valence-corrected chi connectivity index (χ4v) is 3.07. The summed E-state index contributed by atoms with van der Waals surface area (Å²) in [4.78, 5) is 14.6. The minimum absolute atomic E-state index is 0.0963. The van der Waals surface area contributed by atoms with Gasteiger partial charge in [0.15, 0.2) is 5.76 Å². The van der Waals surface area contributed by atoms with Crippen molar-refractivity contribution in [3.8, 4) is 0 Å². The first-order valence-corrected chi connectivity index (χ1v) is 8.00. The van der Waals surface area contributed by atoms with Gasteiger partial charge in [-0.15, -0.1) is 0 Å². The molecule has 0 radical (unpaired) electrons. The first-order chi connectivity index (χ1) is 11.6. The fourth-order valence-electron chi connectivity index (χ4n) is 3.07. The number of carbonyl (C=O) groups excluding carboxylic acids is 1. The molecule has 1 amide bonds. The van der Waals surface area contributed by atoms with Crippen molar-refractivity contribution in [2.24, 2.45) is 7.05 Å². The predicted octanol–water partition coefficient (Wildman–Crippen LogP) is 2.69. The van der Waals surface area contributed by atoms with E-state index < -0.39 is 0 Å². The van der Waals surface area contributed by atoms with Gasteiger partial charge >= 0.3 is 0 Å².